The molecule has 0 saturated carbocycles. The topological polar surface area (TPSA) is 228 Å². The minimum Gasteiger partial charge on any atom is -0.394 e. The minimum absolute atomic E-state index is 0.200. The van der Waals surface area contributed by atoms with Crippen LogP contribution in [0.15, 0.2) is 36.5 Å². The van der Waals surface area contributed by atoms with Gasteiger partial charge in [-0.25, -0.2) is 0 Å². The van der Waals surface area contributed by atoms with Crippen molar-refractivity contribution < 1.29 is 64.6 Å². The first kappa shape index (κ1) is 83.3. The molecule has 2 rings (SSSR count). The Morgan fingerprint density at radius 3 is 1.13 bits per heavy atom. The highest BCUT2D eigenvalue weighted by atomic mass is 16.7. The van der Waals surface area contributed by atoms with E-state index in [2.05, 4.69) is 55.6 Å². The second-order valence-electron chi connectivity index (χ2n) is 26.8. The van der Waals surface area contributed by atoms with E-state index in [-0.39, 0.29) is 12.5 Å². The summed E-state index contributed by atoms with van der Waals surface area (Å²) in [5, 5.41) is 87.5. The highest BCUT2D eigenvalue weighted by Gasteiger charge is 2.51. The maximum absolute atomic E-state index is 13.3. The predicted molar refractivity (Wildman–Crippen MR) is 365 cm³/mol. The van der Waals surface area contributed by atoms with E-state index in [0.29, 0.717) is 12.8 Å². The first-order chi connectivity index (χ1) is 43.6. The minimum atomic E-state index is -1.78. The molecule has 0 aromatic heterocycles. The van der Waals surface area contributed by atoms with Crippen molar-refractivity contribution in [2.24, 2.45) is 0 Å². The standard InChI is InChI=1S/C75H141NO13/c1-3-5-7-9-11-13-15-17-19-20-21-22-23-24-25-26-27-28-29-30-31-32-33-34-35-36-37-38-39-40-41-42-43-44-45-47-49-51-53-55-57-59-67(80)76-63(64(79)58-56-54-52-50-48-46-18-16-14-12-10-8-6-4-2)62-86-74-72(85)70(83)73(66(61-78)88-74)89-75-71(84)69(82)68(81)65(60-77)87-75/h15,17,20-21,23-24,63-66,68-75,77-79,81-85H,3-14,16,18-19,22,25-62H2,1-2H3,(H,76,80)/b17-15-,21-20-,24-23-. The fourth-order valence-corrected chi connectivity index (χ4v) is 12.6. The van der Waals surface area contributed by atoms with Crippen molar-refractivity contribution in [3.8, 4) is 0 Å². The Labute approximate surface area is 544 Å². The van der Waals surface area contributed by atoms with Crippen LogP contribution in [0.4, 0.5) is 0 Å². The number of allylic oxidation sites excluding steroid dienone is 6. The average Bonchev–Trinajstić information content (AvgIpc) is 2.74. The Bertz CT molecular complexity index is 1630. The van der Waals surface area contributed by atoms with Gasteiger partial charge in [-0.1, -0.05) is 320 Å². The van der Waals surface area contributed by atoms with Crippen LogP contribution in [0.2, 0.25) is 0 Å². The number of amides is 1. The number of carbonyl (C=O) groups is 1. The number of nitrogens with one attached hydrogen (secondary N) is 1. The number of ether oxygens (including phenoxy) is 4. The van der Waals surface area contributed by atoms with Crippen LogP contribution in [0.5, 0.6) is 0 Å². The molecule has 2 aliphatic heterocycles. The van der Waals surface area contributed by atoms with Gasteiger partial charge in [0.2, 0.25) is 5.91 Å². The zero-order valence-electron chi connectivity index (χ0n) is 57.2. The second kappa shape index (κ2) is 59.9. The Morgan fingerprint density at radius 1 is 0.404 bits per heavy atom. The molecule has 0 aromatic carbocycles. The number of carbonyl (C=O) groups excluding carboxylic acids is 1. The zero-order valence-corrected chi connectivity index (χ0v) is 57.2. The lowest BCUT2D eigenvalue weighted by atomic mass is 9.97. The third-order valence-corrected chi connectivity index (χ3v) is 18.6. The zero-order chi connectivity index (χ0) is 64.5. The number of hydrogen-bond acceptors (Lipinski definition) is 13. The van der Waals surface area contributed by atoms with Gasteiger partial charge >= 0.3 is 0 Å². The van der Waals surface area contributed by atoms with Crippen molar-refractivity contribution in [3.63, 3.8) is 0 Å². The van der Waals surface area contributed by atoms with E-state index >= 15 is 0 Å². The Balaban J connectivity index is 1.52. The average molecular weight is 1260 g/mol. The molecular formula is C75H141NO13. The van der Waals surface area contributed by atoms with Gasteiger partial charge in [0, 0.05) is 6.42 Å². The maximum atomic E-state index is 13.3. The quantitative estimate of drug-likeness (QED) is 0.0204. The molecule has 12 unspecified atom stereocenters. The second-order valence-corrected chi connectivity index (χ2v) is 26.8. The van der Waals surface area contributed by atoms with E-state index in [1.54, 1.807) is 0 Å². The fraction of sp³-hybridized carbons (Fsp3) is 0.907. The molecular weight excluding hydrogens is 1120 g/mol. The van der Waals surface area contributed by atoms with Crippen LogP contribution in [-0.4, -0.2) is 140 Å². The van der Waals surface area contributed by atoms with E-state index in [9.17, 15) is 45.6 Å². The van der Waals surface area contributed by atoms with Gasteiger partial charge in [0.05, 0.1) is 32.0 Å². The number of hydrogen-bond donors (Lipinski definition) is 9. The molecule has 2 saturated heterocycles. The Hall–Kier alpha value is -1.79. The van der Waals surface area contributed by atoms with Crippen LogP contribution in [0, 0.1) is 0 Å². The predicted octanol–water partition coefficient (Wildman–Crippen LogP) is 16.1. The molecule has 2 heterocycles. The lowest BCUT2D eigenvalue weighted by Crippen LogP contribution is -2.65. The van der Waals surface area contributed by atoms with Gasteiger partial charge in [0.1, 0.15) is 48.8 Å². The van der Waals surface area contributed by atoms with Crippen LogP contribution >= 0.6 is 0 Å². The Morgan fingerprint density at radius 2 is 0.742 bits per heavy atom. The molecule has 14 nitrogen and oxygen atoms in total. The number of unbranched alkanes of at least 4 members (excludes halogenated alkanes) is 44. The molecule has 524 valence electrons. The summed E-state index contributed by atoms with van der Waals surface area (Å²) in [5.74, 6) is -0.200. The van der Waals surface area contributed by atoms with Gasteiger partial charge in [-0.2, -0.15) is 0 Å². The molecule has 0 bridgehead atoms. The van der Waals surface area contributed by atoms with Crippen molar-refractivity contribution in [1.29, 1.82) is 0 Å². The summed E-state index contributed by atoms with van der Waals surface area (Å²) in [5.41, 5.74) is 0. The molecule has 0 aromatic rings. The van der Waals surface area contributed by atoms with Crippen molar-refractivity contribution in [2.75, 3.05) is 19.8 Å². The van der Waals surface area contributed by atoms with Gasteiger partial charge < -0.3 is 65.1 Å². The molecule has 89 heavy (non-hydrogen) atoms. The van der Waals surface area contributed by atoms with Crippen LogP contribution in [0.1, 0.15) is 341 Å². The normalized spacial score (nSPS) is 23.2. The summed E-state index contributed by atoms with van der Waals surface area (Å²) in [6, 6.07) is -0.826. The van der Waals surface area contributed by atoms with Crippen LogP contribution in [0.3, 0.4) is 0 Å². The maximum Gasteiger partial charge on any atom is 0.220 e. The third-order valence-electron chi connectivity index (χ3n) is 18.6. The van der Waals surface area contributed by atoms with Gasteiger partial charge in [-0.3, -0.25) is 4.79 Å². The molecule has 14 heteroatoms. The van der Waals surface area contributed by atoms with E-state index in [1.807, 2.05) is 0 Å². The third kappa shape index (κ3) is 43.7. The van der Waals surface area contributed by atoms with Crippen molar-refractivity contribution in [1.82, 2.24) is 5.32 Å². The lowest BCUT2D eigenvalue weighted by Gasteiger charge is -2.46. The van der Waals surface area contributed by atoms with Gasteiger partial charge in [-0.05, 0) is 51.4 Å². The van der Waals surface area contributed by atoms with Crippen molar-refractivity contribution in [2.45, 2.75) is 415 Å². The van der Waals surface area contributed by atoms with E-state index < -0.39 is 86.8 Å². The number of aliphatic hydroxyl groups is 8. The summed E-state index contributed by atoms with van der Waals surface area (Å²) < 4.78 is 22.9. The molecule has 12 atom stereocenters. The highest BCUT2D eigenvalue weighted by molar-refractivity contribution is 5.76. The Kier molecular flexibility index (Phi) is 56.1. The highest BCUT2D eigenvalue weighted by Crippen LogP contribution is 2.30. The summed E-state index contributed by atoms with van der Waals surface area (Å²) in [4.78, 5) is 13.3. The van der Waals surface area contributed by atoms with Crippen LogP contribution < -0.4 is 5.32 Å². The van der Waals surface area contributed by atoms with Gasteiger partial charge in [0.15, 0.2) is 12.6 Å². The summed E-state index contributed by atoms with van der Waals surface area (Å²) in [6.07, 6.45) is 60.6. The first-order valence-corrected chi connectivity index (χ1v) is 37.7. The molecule has 2 fully saturated rings. The largest absolute Gasteiger partial charge is 0.394 e. The molecule has 0 aliphatic carbocycles. The van der Waals surface area contributed by atoms with Crippen LogP contribution in [-0.2, 0) is 23.7 Å². The summed E-state index contributed by atoms with van der Waals surface area (Å²) >= 11 is 0. The number of aliphatic hydroxyl groups excluding tert-OH is 8. The molecule has 0 spiro atoms. The summed E-state index contributed by atoms with van der Waals surface area (Å²) in [7, 11) is 0. The summed E-state index contributed by atoms with van der Waals surface area (Å²) in [6.45, 7) is 2.88. The van der Waals surface area contributed by atoms with Crippen molar-refractivity contribution >= 4 is 5.91 Å². The SMILES string of the molecule is CCCCCCC/C=C\C/C=C\C/C=C\CCCCCCCCCCCCCCCCCCCCCCCCCCCCC(=O)NC(COC1OC(CO)C(OC2OC(CO)C(O)C(O)C2O)C(O)C1O)C(O)CCCCCCCCCCCCCCCC. The van der Waals surface area contributed by atoms with Gasteiger partial charge in [0.25, 0.3) is 0 Å². The van der Waals surface area contributed by atoms with Crippen LogP contribution in [0.25, 0.3) is 0 Å². The molecule has 2 aliphatic rings. The lowest BCUT2D eigenvalue weighted by molar-refractivity contribution is -0.359. The molecule has 0 radical (unpaired) electrons. The van der Waals surface area contributed by atoms with Gasteiger partial charge in [-0.15, -0.1) is 0 Å². The van der Waals surface area contributed by atoms with Crippen molar-refractivity contribution in [3.05, 3.63) is 36.5 Å². The molecule has 1 amide bonds. The smallest absolute Gasteiger partial charge is 0.220 e. The monoisotopic (exact) mass is 1260 g/mol. The number of rotatable bonds is 63. The fourth-order valence-electron chi connectivity index (χ4n) is 12.6. The first-order valence-electron chi connectivity index (χ1n) is 37.7. The van der Waals surface area contributed by atoms with E-state index in [0.717, 1.165) is 64.2 Å². The van der Waals surface area contributed by atoms with E-state index in [1.165, 1.54) is 250 Å². The molecule has 9 N–H and O–H groups in total. The van der Waals surface area contributed by atoms with E-state index in [4.69, 9.17) is 18.9 Å².